The number of halogens is 1. The molecule has 0 saturated heterocycles. The Hall–Kier alpha value is -0.340. The quantitative estimate of drug-likeness (QED) is 0.674. The van der Waals surface area contributed by atoms with E-state index in [-0.39, 0.29) is 0 Å². The first kappa shape index (κ1) is 11.7. The van der Waals surface area contributed by atoms with Crippen molar-refractivity contribution >= 4 is 15.9 Å². The van der Waals surface area contributed by atoms with Crippen LogP contribution in [0.5, 0.6) is 0 Å². The third kappa shape index (κ3) is 5.33. The van der Waals surface area contributed by atoms with Gasteiger partial charge in [-0.2, -0.15) is 0 Å². The van der Waals surface area contributed by atoms with Crippen LogP contribution < -0.4 is 0 Å². The molecule has 1 aromatic carbocycles. The molecular weight excluding hydrogens is 216 g/mol. The van der Waals surface area contributed by atoms with Crippen LogP contribution in [-0.4, -0.2) is 14.2 Å². The third-order valence-corrected chi connectivity index (χ3v) is 1.88. The van der Waals surface area contributed by atoms with E-state index in [9.17, 15) is 0 Å². The van der Waals surface area contributed by atoms with Gasteiger partial charge in [-0.25, -0.2) is 0 Å². The lowest BCUT2D eigenvalue weighted by molar-refractivity contribution is 0.277. The molecule has 0 heterocycles. The molecule has 0 fully saturated rings. The maximum atomic E-state index is 4.25. The van der Waals surface area contributed by atoms with Crippen molar-refractivity contribution in [3.05, 3.63) is 35.4 Å². The number of ether oxygens (including phenoxy) is 1. The first-order valence-corrected chi connectivity index (χ1v) is 4.88. The average molecular weight is 231 g/mol. The van der Waals surface area contributed by atoms with E-state index < -0.39 is 0 Å². The van der Waals surface area contributed by atoms with Crippen molar-refractivity contribution in [3.8, 4) is 0 Å². The van der Waals surface area contributed by atoms with Gasteiger partial charge in [-0.15, -0.1) is 0 Å². The molecule has 0 aliphatic heterocycles. The number of rotatable bonds is 1. The van der Waals surface area contributed by atoms with E-state index in [0.29, 0.717) is 0 Å². The molecule has 0 bridgehead atoms. The fourth-order valence-electron chi connectivity index (χ4n) is 0.795. The summed E-state index contributed by atoms with van der Waals surface area (Å²) in [7, 11) is 3.25. The molecule has 1 aromatic rings. The highest BCUT2D eigenvalue weighted by Crippen LogP contribution is 2.06. The fraction of sp³-hybridized carbons (Fsp3) is 0.400. The Kier molecular flexibility index (Phi) is 7.11. The molecule has 68 valence electrons. The molecule has 0 aliphatic rings. The maximum Gasteiger partial charge on any atom is 0.0351 e. The molecule has 0 unspecified atom stereocenters. The second-order valence-corrected chi connectivity index (χ2v) is 3.09. The minimum Gasteiger partial charge on any atom is -0.388 e. The lowest BCUT2D eigenvalue weighted by Crippen LogP contribution is -1.76. The van der Waals surface area contributed by atoms with Gasteiger partial charge < -0.3 is 4.74 Å². The Morgan fingerprint density at radius 1 is 1.33 bits per heavy atom. The van der Waals surface area contributed by atoms with Gasteiger partial charge in [-0.3, -0.25) is 0 Å². The Bertz CT molecular complexity index is 211. The summed E-state index contributed by atoms with van der Waals surface area (Å²) < 4.78 is 4.25. The standard InChI is InChI=1S/C8H9Br.C2H6O/c1-7-3-2-4-8(5-7)6-9;1-3-2/h2-5H,6H2,1H3;1-2H3. The third-order valence-electron chi connectivity index (χ3n) is 1.24. The zero-order valence-corrected chi connectivity index (χ0v) is 9.39. The van der Waals surface area contributed by atoms with E-state index in [0.717, 1.165) is 5.33 Å². The molecule has 0 aromatic heterocycles. The van der Waals surface area contributed by atoms with Gasteiger partial charge in [0.05, 0.1) is 0 Å². The Morgan fingerprint density at radius 3 is 2.25 bits per heavy atom. The van der Waals surface area contributed by atoms with Crippen molar-refractivity contribution in [2.24, 2.45) is 0 Å². The molecule has 2 heteroatoms. The summed E-state index contributed by atoms with van der Waals surface area (Å²) in [6, 6.07) is 8.47. The van der Waals surface area contributed by atoms with E-state index in [2.05, 4.69) is 51.9 Å². The van der Waals surface area contributed by atoms with E-state index >= 15 is 0 Å². The van der Waals surface area contributed by atoms with Crippen molar-refractivity contribution in [1.82, 2.24) is 0 Å². The molecule has 0 amide bonds. The smallest absolute Gasteiger partial charge is 0.0351 e. The van der Waals surface area contributed by atoms with Gasteiger partial charge in [-0.05, 0) is 12.5 Å². The van der Waals surface area contributed by atoms with Crippen LogP contribution in [0.3, 0.4) is 0 Å². The first-order chi connectivity index (χ1) is 5.74. The lowest BCUT2D eigenvalue weighted by Gasteiger charge is -1.94. The zero-order valence-electron chi connectivity index (χ0n) is 7.80. The van der Waals surface area contributed by atoms with Gasteiger partial charge in [0.25, 0.3) is 0 Å². The molecule has 0 atom stereocenters. The largest absolute Gasteiger partial charge is 0.388 e. The summed E-state index contributed by atoms with van der Waals surface area (Å²) in [6.07, 6.45) is 0. The molecule has 0 spiro atoms. The second kappa shape index (κ2) is 7.32. The molecule has 0 N–H and O–H groups in total. The summed E-state index contributed by atoms with van der Waals surface area (Å²) in [5.74, 6) is 0. The van der Waals surface area contributed by atoms with Crippen LogP contribution in [0.1, 0.15) is 11.1 Å². The average Bonchev–Trinajstić information content (AvgIpc) is 2.06. The van der Waals surface area contributed by atoms with Gasteiger partial charge >= 0.3 is 0 Å². The molecule has 0 saturated carbocycles. The molecule has 1 nitrogen and oxygen atoms in total. The number of benzene rings is 1. The highest BCUT2D eigenvalue weighted by molar-refractivity contribution is 9.08. The highest BCUT2D eigenvalue weighted by atomic mass is 79.9. The Labute approximate surface area is 82.9 Å². The van der Waals surface area contributed by atoms with Crippen molar-refractivity contribution in [2.75, 3.05) is 14.2 Å². The fourth-order valence-corrected chi connectivity index (χ4v) is 1.14. The highest BCUT2D eigenvalue weighted by Gasteiger charge is 1.86. The zero-order chi connectivity index (χ0) is 9.40. The minimum absolute atomic E-state index is 0.953. The Morgan fingerprint density at radius 2 is 1.92 bits per heavy atom. The molecule has 1 rings (SSSR count). The van der Waals surface area contributed by atoms with Crippen LogP contribution in [0.15, 0.2) is 24.3 Å². The summed E-state index contributed by atoms with van der Waals surface area (Å²) in [5, 5.41) is 0.953. The van der Waals surface area contributed by atoms with Gasteiger partial charge in [0.1, 0.15) is 0 Å². The van der Waals surface area contributed by atoms with Crippen molar-refractivity contribution in [2.45, 2.75) is 12.3 Å². The van der Waals surface area contributed by atoms with Crippen LogP contribution in [0, 0.1) is 6.92 Å². The van der Waals surface area contributed by atoms with E-state index in [1.807, 2.05) is 0 Å². The van der Waals surface area contributed by atoms with Crippen LogP contribution >= 0.6 is 15.9 Å². The van der Waals surface area contributed by atoms with E-state index in [1.54, 1.807) is 14.2 Å². The van der Waals surface area contributed by atoms with E-state index in [4.69, 9.17) is 0 Å². The normalized spacial score (nSPS) is 8.67. The lowest BCUT2D eigenvalue weighted by atomic mass is 10.2. The number of aryl methyl sites for hydroxylation is 1. The van der Waals surface area contributed by atoms with Gasteiger partial charge in [0, 0.05) is 19.5 Å². The number of alkyl halides is 1. The molecule has 0 aliphatic carbocycles. The van der Waals surface area contributed by atoms with E-state index in [1.165, 1.54) is 11.1 Å². The monoisotopic (exact) mass is 230 g/mol. The van der Waals surface area contributed by atoms with Crippen LogP contribution in [0.25, 0.3) is 0 Å². The van der Waals surface area contributed by atoms with Gasteiger partial charge in [0.2, 0.25) is 0 Å². The molecule has 12 heavy (non-hydrogen) atoms. The number of methoxy groups -OCH3 is 1. The van der Waals surface area contributed by atoms with Crippen molar-refractivity contribution < 1.29 is 4.74 Å². The van der Waals surface area contributed by atoms with Gasteiger partial charge in [0.15, 0.2) is 0 Å². The van der Waals surface area contributed by atoms with Crippen LogP contribution in [0.2, 0.25) is 0 Å². The number of hydrogen-bond acceptors (Lipinski definition) is 1. The summed E-state index contributed by atoms with van der Waals surface area (Å²) in [4.78, 5) is 0. The molecular formula is C10H15BrO. The van der Waals surface area contributed by atoms with Crippen LogP contribution in [-0.2, 0) is 10.1 Å². The van der Waals surface area contributed by atoms with Crippen molar-refractivity contribution in [3.63, 3.8) is 0 Å². The van der Waals surface area contributed by atoms with Crippen LogP contribution in [0.4, 0.5) is 0 Å². The topological polar surface area (TPSA) is 9.23 Å². The Balaban J connectivity index is 0.000000354. The number of hydrogen-bond donors (Lipinski definition) is 0. The molecule has 0 radical (unpaired) electrons. The predicted molar refractivity (Wildman–Crippen MR) is 56.7 cm³/mol. The summed E-state index contributed by atoms with van der Waals surface area (Å²) in [5.41, 5.74) is 2.67. The first-order valence-electron chi connectivity index (χ1n) is 3.76. The SMILES string of the molecule is COC.Cc1cccc(CBr)c1. The summed E-state index contributed by atoms with van der Waals surface area (Å²) in [6.45, 7) is 2.10. The minimum atomic E-state index is 0.953. The maximum absolute atomic E-state index is 4.25. The second-order valence-electron chi connectivity index (χ2n) is 2.53. The predicted octanol–water partition coefficient (Wildman–Crippen LogP) is 3.15. The van der Waals surface area contributed by atoms with Crippen molar-refractivity contribution in [1.29, 1.82) is 0 Å². The van der Waals surface area contributed by atoms with Gasteiger partial charge in [-0.1, -0.05) is 45.8 Å². The summed E-state index contributed by atoms with van der Waals surface area (Å²) >= 11 is 3.39.